The summed E-state index contributed by atoms with van der Waals surface area (Å²) in [6, 6.07) is 8.33. The molecule has 0 aliphatic carbocycles. The van der Waals surface area contributed by atoms with Gasteiger partial charge >= 0.3 is 0 Å². The van der Waals surface area contributed by atoms with Crippen molar-refractivity contribution in [3.63, 3.8) is 0 Å². The van der Waals surface area contributed by atoms with Gasteiger partial charge in [-0.05, 0) is 37.9 Å². The summed E-state index contributed by atoms with van der Waals surface area (Å²) in [6.45, 7) is 7.57. The maximum atomic E-state index is 12.6. The summed E-state index contributed by atoms with van der Waals surface area (Å²) in [7, 11) is 0. The van der Waals surface area contributed by atoms with Crippen LogP contribution in [0.1, 0.15) is 31.4 Å². The first-order valence-corrected chi connectivity index (χ1v) is 9.02. The van der Waals surface area contributed by atoms with E-state index in [0.717, 1.165) is 57.1 Å². The topological polar surface area (TPSA) is 35.6 Å². The van der Waals surface area contributed by atoms with E-state index in [4.69, 9.17) is 11.6 Å². The highest BCUT2D eigenvalue weighted by atomic mass is 35.5. The van der Waals surface area contributed by atoms with Crippen molar-refractivity contribution in [2.45, 2.75) is 25.8 Å². The number of amides is 1. The molecule has 2 fully saturated rings. The molecular weight excluding hydrogens is 310 g/mol. The Labute approximate surface area is 143 Å². The minimum Gasteiger partial charge on any atom is -0.340 e. The number of carbonyl (C=O) groups excluding carboxylic acids is 1. The van der Waals surface area contributed by atoms with Gasteiger partial charge in [0.2, 0.25) is 5.91 Å². The fourth-order valence-corrected chi connectivity index (χ4v) is 3.95. The van der Waals surface area contributed by atoms with E-state index in [0.29, 0.717) is 5.91 Å². The molecular formula is C18H26ClN3O. The maximum Gasteiger partial charge on any atom is 0.227 e. The standard InChI is InChI=1S/C18H26ClN3O/c1-14(16-6-2-3-7-17(16)19)21-9-11-22(12-10-21)18(23)15-5-4-8-20-13-15/h2-3,6-7,14-15,20H,4-5,8-13H2,1H3. The van der Waals surface area contributed by atoms with Crippen LogP contribution < -0.4 is 5.32 Å². The third-order valence-corrected chi connectivity index (χ3v) is 5.52. The van der Waals surface area contributed by atoms with Crippen LogP contribution in [0.5, 0.6) is 0 Å². The summed E-state index contributed by atoms with van der Waals surface area (Å²) < 4.78 is 0. The normalized spacial score (nSPS) is 24.4. The number of hydrogen-bond donors (Lipinski definition) is 1. The molecule has 1 amide bonds. The second-order valence-electron chi connectivity index (χ2n) is 6.60. The van der Waals surface area contributed by atoms with E-state index >= 15 is 0 Å². The Kier molecular flexibility index (Phi) is 5.57. The molecule has 0 bridgehead atoms. The fraction of sp³-hybridized carbons (Fsp3) is 0.611. The lowest BCUT2D eigenvalue weighted by Gasteiger charge is -2.40. The number of carbonyl (C=O) groups is 1. The van der Waals surface area contributed by atoms with Gasteiger partial charge < -0.3 is 10.2 Å². The van der Waals surface area contributed by atoms with Gasteiger partial charge in [-0.3, -0.25) is 9.69 Å². The number of hydrogen-bond acceptors (Lipinski definition) is 3. The molecule has 5 heteroatoms. The predicted molar refractivity (Wildman–Crippen MR) is 93.6 cm³/mol. The second kappa shape index (κ2) is 7.65. The van der Waals surface area contributed by atoms with E-state index in [1.54, 1.807) is 0 Å². The molecule has 2 unspecified atom stereocenters. The zero-order valence-corrected chi connectivity index (χ0v) is 14.6. The lowest BCUT2D eigenvalue weighted by Crippen LogP contribution is -2.52. The predicted octanol–water partition coefficient (Wildman–Crippen LogP) is 2.54. The molecule has 1 N–H and O–H groups in total. The molecule has 0 aromatic heterocycles. The average molecular weight is 336 g/mol. The Balaban J connectivity index is 1.55. The molecule has 1 aromatic rings. The number of nitrogens with one attached hydrogen (secondary N) is 1. The Morgan fingerprint density at radius 1 is 1.26 bits per heavy atom. The van der Waals surface area contributed by atoms with Gasteiger partial charge in [-0.15, -0.1) is 0 Å². The highest BCUT2D eigenvalue weighted by Gasteiger charge is 2.30. The third kappa shape index (κ3) is 3.87. The van der Waals surface area contributed by atoms with Crippen molar-refractivity contribution in [1.29, 1.82) is 0 Å². The molecule has 0 radical (unpaired) electrons. The zero-order valence-electron chi connectivity index (χ0n) is 13.8. The minimum atomic E-state index is 0.177. The Hall–Kier alpha value is -1.10. The quantitative estimate of drug-likeness (QED) is 0.922. The lowest BCUT2D eigenvalue weighted by molar-refractivity contribution is -0.138. The van der Waals surface area contributed by atoms with Gasteiger partial charge in [0.25, 0.3) is 0 Å². The van der Waals surface area contributed by atoms with Gasteiger partial charge in [0.15, 0.2) is 0 Å². The second-order valence-corrected chi connectivity index (χ2v) is 7.01. The molecule has 3 rings (SSSR count). The van der Waals surface area contributed by atoms with Gasteiger partial charge in [0.05, 0.1) is 5.92 Å². The van der Waals surface area contributed by atoms with Crippen LogP contribution in [0.25, 0.3) is 0 Å². The van der Waals surface area contributed by atoms with Gasteiger partial charge in [0.1, 0.15) is 0 Å². The maximum absolute atomic E-state index is 12.6. The van der Waals surface area contributed by atoms with Crippen LogP contribution in [0.15, 0.2) is 24.3 Å². The summed E-state index contributed by atoms with van der Waals surface area (Å²) >= 11 is 6.32. The first-order chi connectivity index (χ1) is 11.2. The average Bonchev–Trinajstić information content (AvgIpc) is 2.62. The summed E-state index contributed by atoms with van der Waals surface area (Å²) in [6.07, 6.45) is 2.14. The molecule has 2 heterocycles. The Morgan fingerprint density at radius 2 is 2.00 bits per heavy atom. The molecule has 0 saturated carbocycles. The van der Waals surface area contributed by atoms with Crippen LogP contribution in [0.4, 0.5) is 0 Å². The van der Waals surface area contributed by atoms with Crippen LogP contribution in [-0.2, 0) is 4.79 Å². The van der Waals surface area contributed by atoms with Crippen molar-refractivity contribution in [3.8, 4) is 0 Å². The number of halogens is 1. The molecule has 2 saturated heterocycles. The van der Waals surface area contributed by atoms with Crippen molar-refractivity contribution in [2.75, 3.05) is 39.3 Å². The van der Waals surface area contributed by atoms with Crippen LogP contribution in [-0.4, -0.2) is 55.0 Å². The number of nitrogens with zero attached hydrogens (tertiary/aromatic N) is 2. The Morgan fingerprint density at radius 3 is 2.65 bits per heavy atom. The van der Waals surface area contributed by atoms with Crippen LogP contribution in [0.3, 0.4) is 0 Å². The summed E-state index contributed by atoms with van der Waals surface area (Å²) in [5, 5.41) is 4.16. The van der Waals surface area contributed by atoms with Crippen molar-refractivity contribution >= 4 is 17.5 Å². The minimum absolute atomic E-state index is 0.177. The van der Waals surface area contributed by atoms with Crippen molar-refractivity contribution in [1.82, 2.24) is 15.1 Å². The molecule has 2 aliphatic heterocycles. The van der Waals surface area contributed by atoms with Gasteiger partial charge in [0, 0.05) is 43.8 Å². The lowest BCUT2D eigenvalue weighted by atomic mass is 9.97. The smallest absolute Gasteiger partial charge is 0.227 e. The highest BCUT2D eigenvalue weighted by Crippen LogP contribution is 2.28. The number of benzene rings is 1. The van der Waals surface area contributed by atoms with E-state index in [9.17, 15) is 4.79 Å². The summed E-state index contributed by atoms with van der Waals surface area (Å²) in [5.74, 6) is 0.513. The molecule has 2 atom stereocenters. The highest BCUT2D eigenvalue weighted by molar-refractivity contribution is 6.31. The van der Waals surface area contributed by atoms with Crippen molar-refractivity contribution in [2.24, 2.45) is 5.92 Å². The van der Waals surface area contributed by atoms with Crippen LogP contribution in [0.2, 0.25) is 5.02 Å². The summed E-state index contributed by atoms with van der Waals surface area (Å²) in [4.78, 5) is 17.1. The first kappa shape index (κ1) is 16.7. The van der Waals surface area contributed by atoms with Crippen LogP contribution in [0, 0.1) is 5.92 Å². The SMILES string of the molecule is CC(c1ccccc1Cl)N1CCN(C(=O)C2CCCNC2)CC1. The molecule has 0 spiro atoms. The van der Waals surface area contributed by atoms with Crippen molar-refractivity contribution < 1.29 is 4.79 Å². The van der Waals surface area contributed by atoms with E-state index in [1.165, 1.54) is 5.56 Å². The molecule has 126 valence electrons. The van der Waals surface area contributed by atoms with Crippen molar-refractivity contribution in [3.05, 3.63) is 34.9 Å². The third-order valence-electron chi connectivity index (χ3n) is 5.18. The zero-order chi connectivity index (χ0) is 16.2. The van der Waals surface area contributed by atoms with E-state index < -0.39 is 0 Å². The molecule has 23 heavy (non-hydrogen) atoms. The largest absolute Gasteiger partial charge is 0.340 e. The monoisotopic (exact) mass is 335 g/mol. The summed E-state index contributed by atoms with van der Waals surface area (Å²) in [5.41, 5.74) is 1.17. The van der Waals surface area contributed by atoms with Crippen LogP contribution >= 0.6 is 11.6 Å². The van der Waals surface area contributed by atoms with Gasteiger partial charge in [-0.25, -0.2) is 0 Å². The van der Waals surface area contributed by atoms with E-state index in [1.807, 2.05) is 23.1 Å². The van der Waals surface area contributed by atoms with Gasteiger partial charge in [-0.2, -0.15) is 0 Å². The number of rotatable bonds is 3. The molecule has 2 aliphatic rings. The molecule has 4 nitrogen and oxygen atoms in total. The number of piperidine rings is 1. The van der Waals surface area contributed by atoms with E-state index in [2.05, 4.69) is 23.2 Å². The Bertz CT molecular complexity index is 537. The molecule has 1 aromatic carbocycles. The first-order valence-electron chi connectivity index (χ1n) is 8.65. The fourth-order valence-electron chi connectivity index (χ4n) is 3.66. The number of piperazine rings is 1. The van der Waals surface area contributed by atoms with Gasteiger partial charge in [-0.1, -0.05) is 29.8 Å². The van der Waals surface area contributed by atoms with E-state index in [-0.39, 0.29) is 12.0 Å².